The number of halogens is 4. The SMILES string of the molecule is OCC(CCCOCC(F)(F)F)c1cccc(Cl)c1. The van der Waals surface area contributed by atoms with Gasteiger partial charge in [-0.2, -0.15) is 13.2 Å². The Hall–Kier alpha value is -0.780. The molecular weight excluding hydrogens is 281 g/mol. The van der Waals surface area contributed by atoms with Crippen molar-refractivity contribution in [1.82, 2.24) is 0 Å². The van der Waals surface area contributed by atoms with E-state index in [4.69, 9.17) is 11.6 Å². The lowest BCUT2D eigenvalue weighted by Gasteiger charge is -2.15. The van der Waals surface area contributed by atoms with Crippen molar-refractivity contribution in [2.45, 2.75) is 24.9 Å². The number of benzene rings is 1. The number of alkyl halides is 3. The van der Waals surface area contributed by atoms with E-state index >= 15 is 0 Å². The molecule has 0 fully saturated rings. The molecule has 0 saturated heterocycles. The first kappa shape index (κ1) is 16.3. The van der Waals surface area contributed by atoms with Crippen LogP contribution in [0.25, 0.3) is 0 Å². The predicted molar refractivity (Wildman–Crippen MR) is 67.4 cm³/mol. The second kappa shape index (κ2) is 7.72. The topological polar surface area (TPSA) is 29.5 Å². The first-order valence-corrected chi connectivity index (χ1v) is 6.31. The summed E-state index contributed by atoms with van der Waals surface area (Å²) in [5, 5.41) is 9.87. The van der Waals surface area contributed by atoms with Crippen LogP contribution in [-0.2, 0) is 4.74 Å². The third kappa shape index (κ3) is 6.80. The van der Waals surface area contributed by atoms with Gasteiger partial charge in [-0.1, -0.05) is 23.7 Å². The number of ether oxygens (including phenoxy) is 1. The van der Waals surface area contributed by atoms with E-state index in [1.807, 2.05) is 6.07 Å². The van der Waals surface area contributed by atoms with Gasteiger partial charge in [0, 0.05) is 24.2 Å². The van der Waals surface area contributed by atoms with Gasteiger partial charge in [-0.3, -0.25) is 0 Å². The summed E-state index contributed by atoms with van der Waals surface area (Å²) < 4.78 is 40.0. The van der Waals surface area contributed by atoms with E-state index in [1.54, 1.807) is 18.2 Å². The van der Waals surface area contributed by atoms with Crippen molar-refractivity contribution in [2.75, 3.05) is 19.8 Å². The molecule has 1 rings (SSSR count). The zero-order chi connectivity index (χ0) is 14.3. The minimum Gasteiger partial charge on any atom is -0.396 e. The Balaban J connectivity index is 2.34. The van der Waals surface area contributed by atoms with Crippen molar-refractivity contribution in [3.63, 3.8) is 0 Å². The molecule has 6 heteroatoms. The van der Waals surface area contributed by atoms with Crippen LogP contribution < -0.4 is 0 Å². The smallest absolute Gasteiger partial charge is 0.396 e. The molecule has 1 atom stereocenters. The fourth-order valence-electron chi connectivity index (χ4n) is 1.74. The molecule has 0 aromatic heterocycles. The quantitative estimate of drug-likeness (QED) is 0.776. The number of aliphatic hydroxyl groups is 1. The van der Waals surface area contributed by atoms with Gasteiger partial charge in [0.05, 0.1) is 0 Å². The van der Waals surface area contributed by atoms with Crippen molar-refractivity contribution < 1.29 is 23.0 Å². The van der Waals surface area contributed by atoms with Gasteiger partial charge in [-0.05, 0) is 30.5 Å². The molecule has 0 saturated carbocycles. The molecule has 19 heavy (non-hydrogen) atoms. The molecule has 1 aromatic carbocycles. The molecule has 0 amide bonds. The summed E-state index contributed by atoms with van der Waals surface area (Å²) in [5.74, 6) is -0.131. The largest absolute Gasteiger partial charge is 0.411 e. The van der Waals surface area contributed by atoms with Crippen LogP contribution in [0.3, 0.4) is 0 Å². The van der Waals surface area contributed by atoms with Gasteiger partial charge in [0.1, 0.15) is 6.61 Å². The average molecular weight is 297 g/mol. The summed E-state index contributed by atoms with van der Waals surface area (Å²) in [5.41, 5.74) is 0.880. The average Bonchev–Trinajstić information content (AvgIpc) is 2.32. The highest BCUT2D eigenvalue weighted by Gasteiger charge is 2.27. The molecule has 0 radical (unpaired) electrons. The van der Waals surface area contributed by atoms with Crippen LogP contribution in [0.15, 0.2) is 24.3 Å². The summed E-state index contributed by atoms with van der Waals surface area (Å²) in [6, 6.07) is 7.09. The minimum absolute atomic E-state index is 0.0244. The van der Waals surface area contributed by atoms with Crippen molar-refractivity contribution >= 4 is 11.6 Å². The van der Waals surface area contributed by atoms with Crippen LogP contribution in [0.4, 0.5) is 13.2 Å². The van der Waals surface area contributed by atoms with Crippen molar-refractivity contribution in [3.8, 4) is 0 Å². The first-order valence-electron chi connectivity index (χ1n) is 5.93. The van der Waals surface area contributed by atoms with Crippen molar-refractivity contribution in [2.24, 2.45) is 0 Å². The number of hydrogen-bond acceptors (Lipinski definition) is 2. The normalized spacial score (nSPS) is 13.5. The number of rotatable bonds is 7. The highest BCUT2D eigenvalue weighted by Crippen LogP contribution is 2.23. The van der Waals surface area contributed by atoms with Crippen LogP contribution in [-0.4, -0.2) is 31.1 Å². The van der Waals surface area contributed by atoms with Gasteiger partial charge in [0.15, 0.2) is 0 Å². The lowest BCUT2D eigenvalue weighted by molar-refractivity contribution is -0.174. The molecule has 0 aliphatic carbocycles. The number of hydrogen-bond donors (Lipinski definition) is 1. The molecule has 0 aliphatic heterocycles. The van der Waals surface area contributed by atoms with Crippen LogP contribution in [0.5, 0.6) is 0 Å². The Kier molecular flexibility index (Phi) is 6.62. The molecule has 1 aromatic rings. The lowest BCUT2D eigenvalue weighted by Crippen LogP contribution is -2.17. The molecule has 108 valence electrons. The zero-order valence-corrected chi connectivity index (χ0v) is 11.0. The summed E-state index contributed by atoms with van der Waals surface area (Å²) in [4.78, 5) is 0. The Morgan fingerprint density at radius 2 is 2.05 bits per heavy atom. The van der Waals surface area contributed by atoms with Gasteiger partial charge >= 0.3 is 6.18 Å². The van der Waals surface area contributed by atoms with Crippen LogP contribution in [0.1, 0.15) is 24.3 Å². The standard InChI is InChI=1S/C13H16ClF3O2/c14-12-5-1-3-10(7-12)11(8-18)4-2-6-19-9-13(15,16)17/h1,3,5,7,11,18H,2,4,6,8-9H2. The third-order valence-corrected chi connectivity index (χ3v) is 2.88. The summed E-state index contributed by atoms with van der Waals surface area (Å²) >= 11 is 5.85. The van der Waals surface area contributed by atoms with Gasteiger partial charge in [0.25, 0.3) is 0 Å². The van der Waals surface area contributed by atoms with Gasteiger partial charge in [-0.15, -0.1) is 0 Å². The van der Waals surface area contributed by atoms with E-state index in [2.05, 4.69) is 4.74 Å². The number of aliphatic hydroxyl groups excluding tert-OH is 1. The van der Waals surface area contributed by atoms with E-state index in [-0.39, 0.29) is 19.1 Å². The van der Waals surface area contributed by atoms with Crippen molar-refractivity contribution in [1.29, 1.82) is 0 Å². The second-order valence-electron chi connectivity index (χ2n) is 4.24. The Morgan fingerprint density at radius 1 is 1.32 bits per heavy atom. The first-order chi connectivity index (χ1) is 8.92. The summed E-state index contributed by atoms with van der Waals surface area (Å²) in [7, 11) is 0. The van der Waals surface area contributed by atoms with Gasteiger partial charge in [0.2, 0.25) is 0 Å². The molecule has 2 nitrogen and oxygen atoms in total. The maximum absolute atomic E-state index is 11.8. The third-order valence-electron chi connectivity index (χ3n) is 2.65. The molecule has 1 N–H and O–H groups in total. The van der Waals surface area contributed by atoms with Crippen LogP contribution >= 0.6 is 11.6 Å². The van der Waals surface area contributed by atoms with Crippen LogP contribution in [0, 0.1) is 0 Å². The molecule has 0 heterocycles. The molecule has 1 unspecified atom stereocenters. The Labute approximate surface area is 115 Å². The maximum atomic E-state index is 11.8. The fraction of sp³-hybridized carbons (Fsp3) is 0.538. The Morgan fingerprint density at radius 3 is 2.63 bits per heavy atom. The highest BCUT2D eigenvalue weighted by molar-refractivity contribution is 6.30. The van der Waals surface area contributed by atoms with E-state index < -0.39 is 12.8 Å². The maximum Gasteiger partial charge on any atom is 0.411 e. The van der Waals surface area contributed by atoms with Crippen LogP contribution in [0.2, 0.25) is 5.02 Å². The predicted octanol–water partition coefficient (Wildman–Crippen LogP) is 3.78. The van der Waals surface area contributed by atoms with E-state index in [0.29, 0.717) is 17.9 Å². The van der Waals surface area contributed by atoms with E-state index in [9.17, 15) is 18.3 Å². The molecular formula is C13H16ClF3O2. The second-order valence-corrected chi connectivity index (χ2v) is 4.68. The lowest BCUT2D eigenvalue weighted by atomic mass is 9.95. The summed E-state index contributed by atoms with van der Waals surface area (Å²) in [6.45, 7) is -1.27. The van der Waals surface area contributed by atoms with Gasteiger partial charge < -0.3 is 9.84 Å². The Bertz CT molecular complexity index is 382. The zero-order valence-electron chi connectivity index (χ0n) is 10.3. The molecule has 0 bridgehead atoms. The molecule has 0 aliphatic rings. The molecule has 0 spiro atoms. The van der Waals surface area contributed by atoms with Gasteiger partial charge in [-0.25, -0.2) is 0 Å². The summed E-state index contributed by atoms with van der Waals surface area (Å²) in [6.07, 6.45) is -3.29. The minimum atomic E-state index is -4.29. The monoisotopic (exact) mass is 296 g/mol. The van der Waals surface area contributed by atoms with Crippen molar-refractivity contribution in [3.05, 3.63) is 34.9 Å². The van der Waals surface area contributed by atoms with E-state index in [1.165, 1.54) is 0 Å². The van der Waals surface area contributed by atoms with E-state index in [0.717, 1.165) is 5.56 Å². The highest BCUT2D eigenvalue weighted by atomic mass is 35.5. The fourth-order valence-corrected chi connectivity index (χ4v) is 1.94.